The van der Waals surface area contributed by atoms with Gasteiger partial charge in [0, 0.05) is 25.2 Å². The molecule has 0 bridgehead atoms. The molecule has 3 rings (SSSR count). The molecule has 142 valence electrons. The van der Waals surface area contributed by atoms with Gasteiger partial charge >= 0.3 is 0 Å². The Hall–Kier alpha value is -1.95. The zero-order chi connectivity index (χ0) is 18.7. The van der Waals surface area contributed by atoms with E-state index in [2.05, 4.69) is 13.8 Å². The van der Waals surface area contributed by atoms with E-state index in [4.69, 9.17) is 4.74 Å². The van der Waals surface area contributed by atoms with Crippen LogP contribution in [0.15, 0.2) is 24.3 Å². The first-order valence-electron chi connectivity index (χ1n) is 9.36. The van der Waals surface area contributed by atoms with Crippen LogP contribution in [0, 0.1) is 11.7 Å². The van der Waals surface area contributed by atoms with Crippen LogP contribution < -0.4 is 4.90 Å². The van der Waals surface area contributed by atoms with Gasteiger partial charge in [0.25, 0.3) is 5.91 Å². The molecule has 0 aliphatic carbocycles. The third-order valence-electron chi connectivity index (χ3n) is 5.33. The summed E-state index contributed by atoms with van der Waals surface area (Å²) in [5.74, 6) is 0.197. The molecule has 1 spiro atoms. The molecule has 0 unspecified atom stereocenters. The number of carbonyl (C=O) groups excluding carboxylic acids is 2. The fourth-order valence-corrected chi connectivity index (χ4v) is 3.63. The van der Waals surface area contributed by atoms with Crippen LogP contribution in [0.4, 0.5) is 10.1 Å². The van der Waals surface area contributed by atoms with Crippen molar-refractivity contribution in [3.05, 3.63) is 30.1 Å². The van der Waals surface area contributed by atoms with Crippen LogP contribution in [0.25, 0.3) is 0 Å². The minimum Gasteiger partial charge on any atom is -0.363 e. The molecule has 0 atom stereocenters. The zero-order valence-corrected chi connectivity index (χ0v) is 15.5. The van der Waals surface area contributed by atoms with Crippen molar-refractivity contribution in [3.8, 4) is 0 Å². The van der Waals surface area contributed by atoms with Crippen LogP contribution in [0.2, 0.25) is 0 Å². The van der Waals surface area contributed by atoms with Gasteiger partial charge in [-0.15, -0.1) is 0 Å². The van der Waals surface area contributed by atoms with Crippen molar-refractivity contribution in [2.45, 2.75) is 45.1 Å². The number of hydrogen-bond acceptors (Lipinski definition) is 3. The average Bonchev–Trinajstić information content (AvgIpc) is 2.62. The first-order valence-corrected chi connectivity index (χ1v) is 9.36. The first kappa shape index (κ1) is 18.8. The highest BCUT2D eigenvalue weighted by atomic mass is 19.1. The maximum absolute atomic E-state index is 13.5. The van der Waals surface area contributed by atoms with Gasteiger partial charge in [0.1, 0.15) is 12.4 Å². The molecule has 0 radical (unpaired) electrons. The summed E-state index contributed by atoms with van der Waals surface area (Å²) in [5, 5.41) is 0. The lowest BCUT2D eigenvalue weighted by atomic mass is 9.88. The quantitative estimate of drug-likeness (QED) is 0.827. The summed E-state index contributed by atoms with van der Waals surface area (Å²) in [7, 11) is 0. The Morgan fingerprint density at radius 3 is 2.69 bits per heavy atom. The second kappa shape index (κ2) is 7.74. The SMILES string of the molecule is CC(C)CCC(=O)N1CCC2(CC1)CN(c1cccc(F)c1)C(=O)CO2. The van der Waals surface area contributed by atoms with Gasteiger partial charge in [-0.1, -0.05) is 19.9 Å². The van der Waals surface area contributed by atoms with E-state index in [1.54, 1.807) is 17.0 Å². The number of ether oxygens (including phenoxy) is 1. The molecule has 1 aromatic rings. The number of anilines is 1. The van der Waals surface area contributed by atoms with Crippen molar-refractivity contribution < 1.29 is 18.7 Å². The number of rotatable bonds is 4. The van der Waals surface area contributed by atoms with Crippen molar-refractivity contribution in [1.82, 2.24) is 4.90 Å². The van der Waals surface area contributed by atoms with E-state index in [0.717, 1.165) is 6.42 Å². The molecular formula is C20H27FN2O3. The summed E-state index contributed by atoms with van der Waals surface area (Å²) in [5.41, 5.74) is 0.114. The Labute approximate surface area is 154 Å². The standard InChI is InChI=1S/C20H27FN2O3/c1-15(2)6-7-18(24)22-10-8-20(9-11-22)14-23(19(25)13-26-20)17-5-3-4-16(21)12-17/h3-5,12,15H,6-11,13-14H2,1-2H3. The maximum atomic E-state index is 13.5. The van der Waals surface area contributed by atoms with Gasteiger partial charge in [0.05, 0.1) is 12.1 Å². The molecule has 6 heteroatoms. The van der Waals surface area contributed by atoms with Gasteiger partial charge in [-0.05, 0) is 43.4 Å². The minimum absolute atomic E-state index is 0.00217. The number of hydrogen-bond donors (Lipinski definition) is 0. The summed E-state index contributed by atoms with van der Waals surface area (Å²) in [4.78, 5) is 28.1. The molecule has 5 nitrogen and oxygen atoms in total. The van der Waals surface area contributed by atoms with Crippen LogP contribution in [0.5, 0.6) is 0 Å². The summed E-state index contributed by atoms with van der Waals surface area (Å²) in [6.07, 6.45) is 2.87. The molecule has 2 amide bonds. The number of halogens is 1. The van der Waals surface area contributed by atoms with E-state index in [-0.39, 0.29) is 24.2 Å². The summed E-state index contributed by atoms with van der Waals surface area (Å²) in [6, 6.07) is 6.09. The lowest BCUT2D eigenvalue weighted by Crippen LogP contribution is -2.59. The zero-order valence-electron chi connectivity index (χ0n) is 15.5. The van der Waals surface area contributed by atoms with Gasteiger partial charge in [-0.3, -0.25) is 9.59 Å². The monoisotopic (exact) mass is 362 g/mol. The Bertz CT molecular complexity index is 669. The Morgan fingerprint density at radius 2 is 2.04 bits per heavy atom. The second-order valence-corrected chi connectivity index (χ2v) is 7.74. The number of carbonyl (C=O) groups is 2. The maximum Gasteiger partial charge on any atom is 0.253 e. The third-order valence-corrected chi connectivity index (χ3v) is 5.33. The highest BCUT2D eigenvalue weighted by molar-refractivity contribution is 5.95. The predicted octanol–water partition coefficient (Wildman–Crippen LogP) is 2.99. The second-order valence-electron chi connectivity index (χ2n) is 7.74. The predicted molar refractivity (Wildman–Crippen MR) is 97.3 cm³/mol. The highest BCUT2D eigenvalue weighted by Crippen LogP contribution is 2.33. The van der Waals surface area contributed by atoms with E-state index in [9.17, 15) is 14.0 Å². The molecule has 2 fully saturated rings. The third kappa shape index (κ3) is 4.23. The van der Waals surface area contributed by atoms with Crippen LogP contribution in [-0.2, 0) is 14.3 Å². The van der Waals surface area contributed by atoms with Gasteiger partial charge in [-0.25, -0.2) is 4.39 Å². The number of likely N-dealkylation sites (tertiary alicyclic amines) is 1. The summed E-state index contributed by atoms with van der Waals surface area (Å²) < 4.78 is 19.4. The molecule has 2 heterocycles. The van der Waals surface area contributed by atoms with Gasteiger partial charge in [0.15, 0.2) is 0 Å². The summed E-state index contributed by atoms with van der Waals surface area (Å²) >= 11 is 0. The van der Waals surface area contributed by atoms with E-state index >= 15 is 0 Å². The van der Waals surface area contributed by atoms with Gasteiger partial charge in [-0.2, -0.15) is 0 Å². The number of morpholine rings is 1. The Morgan fingerprint density at radius 1 is 1.31 bits per heavy atom. The minimum atomic E-state index is -0.449. The Balaban J connectivity index is 1.63. The number of nitrogens with zero attached hydrogens (tertiary/aromatic N) is 2. The normalized spacial score (nSPS) is 20.1. The first-order chi connectivity index (χ1) is 12.4. The van der Waals surface area contributed by atoms with Gasteiger partial charge < -0.3 is 14.5 Å². The van der Waals surface area contributed by atoms with E-state index in [0.29, 0.717) is 50.5 Å². The van der Waals surface area contributed by atoms with Crippen molar-refractivity contribution in [2.75, 3.05) is 31.1 Å². The molecule has 0 aromatic heterocycles. The van der Waals surface area contributed by atoms with Crippen molar-refractivity contribution in [3.63, 3.8) is 0 Å². The van der Waals surface area contributed by atoms with E-state index < -0.39 is 5.60 Å². The Kier molecular flexibility index (Phi) is 5.61. The average molecular weight is 362 g/mol. The van der Waals surface area contributed by atoms with Crippen LogP contribution in [0.1, 0.15) is 39.5 Å². The molecule has 2 saturated heterocycles. The van der Waals surface area contributed by atoms with Crippen molar-refractivity contribution in [1.29, 1.82) is 0 Å². The van der Waals surface area contributed by atoms with Crippen LogP contribution >= 0.6 is 0 Å². The van der Waals surface area contributed by atoms with Crippen molar-refractivity contribution in [2.24, 2.45) is 5.92 Å². The topological polar surface area (TPSA) is 49.9 Å². The van der Waals surface area contributed by atoms with Crippen LogP contribution in [-0.4, -0.2) is 48.6 Å². The number of benzene rings is 1. The fraction of sp³-hybridized carbons (Fsp3) is 0.600. The van der Waals surface area contributed by atoms with E-state index in [1.165, 1.54) is 12.1 Å². The smallest absolute Gasteiger partial charge is 0.253 e. The molecule has 0 saturated carbocycles. The van der Waals surface area contributed by atoms with Crippen molar-refractivity contribution >= 4 is 17.5 Å². The lowest BCUT2D eigenvalue weighted by molar-refractivity contribution is -0.150. The molecule has 2 aliphatic rings. The lowest BCUT2D eigenvalue weighted by Gasteiger charge is -2.47. The van der Waals surface area contributed by atoms with Gasteiger partial charge in [0.2, 0.25) is 5.91 Å². The highest BCUT2D eigenvalue weighted by Gasteiger charge is 2.43. The fourth-order valence-electron chi connectivity index (χ4n) is 3.63. The summed E-state index contributed by atoms with van der Waals surface area (Å²) in [6.45, 7) is 5.92. The molecule has 0 N–H and O–H groups in total. The van der Waals surface area contributed by atoms with E-state index in [1.807, 2.05) is 4.90 Å². The molecule has 2 aliphatic heterocycles. The number of amides is 2. The van der Waals surface area contributed by atoms with Crippen LogP contribution in [0.3, 0.4) is 0 Å². The number of piperidine rings is 1. The molecular weight excluding hydrogens is 335 g/mol. The molecule has 26 heavy (non-hydrogen) atoms. The largest absolute Gasteiger partial charge is 0.363 e. The molecule has 1 aromatic carbocycles.